The predicted molar refractivity (Wildman–Crippen MR) is 156 cm³/mol. The van der Waals surface area contributed by atoms with Crippen LogP contribution in [0.2, 0.25) is 5.15 Å². The van der Waals surface area contributed by atoms with Gasteiger partial charge in [-0.1, -0.05) is 11.6 Å². The molecule has 2 aromatic carbocycles. The van der Waals surface area contributed by atoms with Crippen molar-refractivity contribution in [2.75, 3.05) is 52.9 Å². The Bertz CT molecular complexity index is 1580. The quantitative estimate of drug-likeness (QED) is 0.185. The molecule has 12 nitrogen and oxygen atoms in total. The lowest BCUT2D eigenvalue weighted by atomic mass is 10.2. The second-order valence-electron chi connectivity index (χ2n) is 8.05. The minimum absolute atomic E-state index is 0.192. The van der Waals surface area contributed by atoms with E-state index in [9.17, 15) is 9.36 Å². The summed E-state index contributed by atoms with van der Waals surface area (Å²) in [7, 11) is 0. The van der Waals surface area contributed by atoms with Crippen LogP contribution in [0, 0.1) is 0 Å². The summed E-state index contributed by atoms with van der Waals surface area (Å²) in [5.74, 6) is 2.44. The van der Waals surface area contributed by atoms with Crippen molar-refractivity contribution in [2.45, 2.75) is 0 Å². The summed E-state index contributed by atoms with van der Waals surface area (Å²) in [5.41, 5.74) is 1.13. The van der Waals surface area contributed by atoms with Gasteiger partial charge in [-0.2, -0.15) is 0 Å². The van der Waals surface area contributed by atoms with Gasteiger partial charge < -0.3 is 33.4 Å². The van der Waals surface area contributed by atoms with Gasteiger partial charge in [0, 0.05) is 17.5 Å². The highest BCUT2D eigenvalue weighted by molar-refractivity contribution is 8.24. The van der Waals surface area contributed by atoms with Crippen LogP contribution in [0.3, 0.4) is 0 Å². The van der Waals surface area contributed by atoms with Crippen molar-refractivity contribution in [1.82, 2.24) is 19.9 Å². The van der Waals surface area contributed by atoms with E-state index in [4.69, 9.17) is 40.0 Å². The molecule has 4 aromatic rings. The first-order valence-corrected chi connectivity index (χ1v) is 16.8. The lowest BCUT2D eigenvalue weighted by Gasteiger charge is -2.11. The van der Waals surface area contributed by atoms with E-state index in [1.54, 1.807) is 18.2 Å². The lowest BCUT2D eigenvalue weighted by Crippen LogP contribution is -2.08. The molecule has 0 fully saturated rings. The number of hydrogen-bond donors (Lipinski definition) is 1. The molecule has 0 aliphatic carbocycles. The Kier molecular flexibility index (Phi) is 11.5. The number of H-pyrrole nitrogens is 1. The van der Waals surface area contributed by atoms with E-state index in [2.05, 4.69) is 53.7 Å². The molecule has 0 radical (unpaired) electrons. The number of rotatable bonds is 0. The molecule has 0 saturated heterocycles. The third kappa shape index (κ3) is 9.75. The fourth-order valence-corrected chi connectivity index (χ4v) is 3.80. The molecule has 2 aromatic heterocycles. The van der Waals surface area contributed by atoms with Crippen LogP contribution in [0.1, 0.15) is 0 Å². The summed E-state index contributed by atoms with van der Waals surface area (Å²) in [4.78, 5) is 26.4. The molecule has 4 heterocycles. The van der Waals surface area contributed by atoms with Gasteiger partial charge in [0.25, 0.3) is 5.56 Å². The third-order valence-corrected chi connectivity index (χ3v) is 5.60. The second kappa shape index (κ2) is 15.1. The van der Waals surface area contributed by atoms with Crippen molar-refractivity contribution >= 4 is 72.3 Å². The molecule has 0 spiro atoms. The molecular weight excluding hydrogens is 645 g/mol. The fraction of sp³-hybridized carbons (Fsp3) is 0.333. The summed E-state index contributed by atoms with van der Waals surface area (Å²) >= 11 is 19.9. The molecule has 2 aliphatic heterocycles. The first-order valence-electron chi connectivity index (χ1n) is 12.0. The zero-order chi connectivity index (χ0) is 29.2. The highest BCUT2D eigenvalue weighted by atomic mass is 36.0. The third-order valence-electron chi connectivity index (χ3n) is 5.30. The van der Waals surface area contributed by atoms with Crippen molar-refractivity contribution in [1.29, 1.82) is 0 Å². The van der Waals surface area contributed by atoms with E-state index in [1.807, 2.05) is 6.07 Å². The van der Waals surface area contributed by atoms with Gasteiger partial charge in [-0.3, -0.25) is 9.36 Å². The van der Waals surface area contributed by atoms with Crippen LogP contribution < -0.4 is 24.5 Å². The predicted octanol–water partition coefficient (Wildman–Crippen LogP) is 5.59. The van der Waals surface area contributed by atoms with Crippen LogP contribution in [0.5, 0.6) is 23.0 Å². The van der Waals surface area contributed by atoms with E-state index < -0.39 is 5.20 Å². The summed E-state index contributed by atoms with van der Waals surface area (Å²) in [5, 5.41) is -1.58. The zero-order valence-electron chi connectivity index (χ0n) is 21.2. The van der Waals surface area contributed by atoms with Crippen LogP contribution in [0.15, 0.2) is 41.7 Å². The zero-order valence-corrected chi connectivity index (χ0v) is 25.1. The average Bonchev–Trinajstić information content (AvgIpc) is 3.11. The summed E-state index contributed by atoms with van der Waals surface area (Å²) in [6.45, 7) is 3.96. The Morgan fingerprint density at radius 3 is 1.61 bits per heavy atom. The SMILES string of the molecule is Clc1ncnc2cc3c(cc12)OCCOCCO3.O=P(Cl)(Cl)Cl.O=c1[nH]cnc2cc3c(cc12)OCCOCCO3. The molecule has 220 valence electrons. The number of fused-ring (bicyclic) bond motifs is 4. The highest BCUT2D eigenvalue weighted by Crippen LogP contribution is 2.61. The maximum Gasteiger partial charge on any atom is 0.339 e. The Hall–Kier alpha value is -2.57. The Labute approximate surface area is 252 Å². The standard InChI is InChI=1S/C12H11ClN2O3.C12H12N2O4.Cl3OP/c13-12-8-5-10-11(6-9(8)14-7-15-12)18-4-2-16-1-3-17-10;15-12-8-5-10-11(6-9(8)13-7-14-12)18-4-2-16-1-3-17-10;1-5(2,3)4/h5-7H,1-4H2;5-7H,1-4H2,(H,13,14,15);. The summed E-state index contributed by atoms with van der Waals surface area (Å²) < 4.78 is 42.4. The van der Waals surface area contributed by atoms with E-state index in [1.165, 1.54) is 12.7 Å². The molecule has 0 unspecified atom stereocenters. The molecule has 1 N–H and O–H groups in total. The number of halogens is 4. The van der Waals surface area contributed by atoms with Crippen LogP contribution in [0.25, 0.3) is 21.8 Å². The molecule has 17 heteroatoms. The molecule has 0 amide bonds. The second-order valence-corrected chi connectivity index (χ2v) is 15.0. The molecule has 2 aliphatic rings. The number of aromatic nitrogens is 4. The number of ether oxygens (including phenoxy) is 6. The van der Waals surface area contributed by atoms with Crippen molar-refractivity contribution in [3.8, 4) is 23.0 Å². The molecule has 0 bridgehead atoms. The number of nitrogens with one attached hydrogen (secondary N) is 1. The first-order chi connectivity index (χ1) is 19.7. The van der Waals surface area contributed by atoms with Gasteiger partial charge >= 0.3 is 5.20 Å². The normalized spacial score (nSPS) is 15.3. The van der Waals surface area contributed by atoms with Gasteiger partial charge in [-0.15, -0.1) is 0 Å². The van der Waals surface area contributed by atoms with E-state index >= 15 is 0 Å². The van der Waals surface area contributed by atoms with Gasteiger partial charge in [0.1, 0.15) is 37.9 Å². The highest BCUT2D eigenvalue weighted by Gasteiger charge is 2.14. The maximum atomic E-state index is 11.7. The average molecular weight is 668 g/mol. The Morgan fingerprint density at radius 2 is 1.10 bits per heavy atom. The monoisotopic (exact) mass is 666 g/mol. The van der Waals surface area contributed by atoms with Gasteiger partial charge in [0.15, 0.2) is 23.0 Å². The van der Waals surface area contributed by atoms with Crippen LogP contribution in [-0.2, 0) is 14.0 Å². The Balaban J connectivity index is 0.000000163. The smallest absolute Gasteiger partial charge is 0.339 e. The van der Waals surface area contributed by atoms with Gasteiger partial charge in [-0.05, 0) is 45.9 Å². The molecular formula is C24H23Cl4N4O8P. The van der Waals surface area contributed by atoms with E-state index in [-0.39, 0.29) is 5.56 Å². The van der Waals surface area contributed by atoms with E-state index in [0.717, 1.165) is 10.9 Å². The van der Waals surface area contributed by atoms with Crippen molar-refractivity contribution in [3.05, 3.63) is 52.4 Å². The van der Waals surface area contributed by atoms with Gasteiger partial charge in [-0.25, -0.2) is 15.0 Å². The number of nitrogens with zero attached hydrogens (tertiary/aromatic N) is 3. The minimum atomic E-state index is -3.22. The van der Waals surface area contributed by atoms with E-state index in [0.29, 0.717) is 91.9 Å². The largest absolute Gasteiger partial charge is 0.487 e. The molecule has 41 heavy (non-hydrogen) atoms. The number of benzene rings is 2. The molecule has 6 rings (SSSR count). The van der Waals surface area contributed by atoms with Gasteiger partial charge in [0.05, 0.1) is 49.2 Å². The van der Waals surface area contributed by atoms with Gasteiger partial charge in [0.2, 0.25) is 0 Å². The number of hydrogen-bond acceptors (Lipinski definition) is 11. The maximum absolute atomic E-state index is 11.7. The minimum Gasteiger partial charge on any atom is -0.487 e. The Morgan fingerprint density at radius 1 is 0.659 bits per heavy atom. The van der Waals surface area contributed by atoms with Crippen LogP contribution in [-0.4, -0.2) is 72.8 Å². The first kappa shape index (κ1) is 31.4. The molecule has 0 atom stereocenters. The topological polar surface area (TPSA) is 144 Å². The summed E-state index contributed by atoms with van der Waals surface area (Å²) in [6, 6.07) is 6.98. The van der Waals surface area contributed by atoms with Crippen LogP contribution >= 0.6 is 50.5 Å². The van der Waals surface area contributed by atoms with Crippen molar-refractivity contribution in [3.63, 3.8) is 0 Å². The van der Waals surface area contributed by atoms with Crippen LogP contribution in [0.4, 0.5) is 0 Å². The van der Waals surface area contributed by atoms with Crippen molar-refractivity contribution < 1.29 is 33.0 Å². The molecule has 0 saturated carbocycles. The lowest BCUT2D eigenvalue weighted by molar-refractivity contribution is 0.0877. The summed E-state index contributed by atoms with van der Waals surface area (Å²) in [6.07, 6.45) is 2.80. The number of aromatic amines is 1. The fourth-order valence-electron chi connectivity index (χ4n) is 3.61. The van der Waals surface area contributed by atoms with Crippen molar-refractivity contribution in [2.24, 2.45) is 0 Å².